The highest BCUT2D eigenvalue weighted by molar-refractivity contribution is 8.00. The Hall–Kier alpha value is -0.290. The predicted molar refractivity (Wildman–Crippen MR) is 49.4 cm³/mol. The molecule has 3 nitrogen and oxygen atoms in total. The van der Waals surface area contributed by atoms with Crippen molar-refractivity contribution >= 4 is 41.1 Å². The summed E-state index contributed by atoms with van der Waals surface area (Å²) in [6.07, 6.45) is 0.899. The summed E-state index contributed by atoms with van der Waals surface area (Å²) in [4.78, 5) is 11.1. The number of rotatable bonds is 1. The number of carbonyl (C=O) groups excluding carboxylic acids is 1. The first-order chi connectivity index (χ1) is 5.38. The highest BCUT2D eigenvalue weighted by atomic mass is 32.2. The van der Waals surface area contributed by atoms with E-state index >= 15 is 0 Å². The first kappa shape index (κ1) is 7.36. The molecule has 0 saturated carbocycles. The van der Waals surface area contributed by atoms with Crippen LogP contribution in [0.2, 0.25) is 0 Å². The van der Waals surface area contributed by atoms with Gasteiger partial charge >= 0.3 is 0 Å². The van der Waals surface area contributed by atoms with Gasteiger partial charge in [0.15, 0.2) is 5.78 Å². The van der Waals surface area contributed by atoms with E-state index in [1.165, 1.54) is 23.9 Å². The van der Waals surface area contributed by atoms with Gasteiger partial charge in [-0.25, -0.2) is 8.80 Å². The third-order valence-corrected chi connectivity index (χ3v) is 2.93. The zero-order chi connectivity index (χ0) is 7.68. The molecule has 0 aromatic heterocycles. The Labute approximate surface area is 73.0 Å². The molecule has 0 aromatic rings. The smallest absolute Gasteiger partial charge is 0.195 e. The van der Waals surface area contributed by atoms with Gasteiger partial charge in [0.2, 0.25) is 0 Å². The Morgan fingerprint density at radius 1 is 1.27 bits per heavy atom. The van der Waals surface area contributed by atoms with Gasteiger partial charge in [-0.1, -0.05) is 0 Å². The van der Waals surface area contributed by atoms with Gasteiger partial charge in [-0.15, -0.1) is 0 Å². The highest BCUT2D eigenvalue weighted by Crippen LogP contribution is 2.21. The van der Waals surface area contributed by atoms with Crippen LogP contribution in [0.4, 0.5) is 0 Å². The molecule has 0 atom stereocenters. The number of Topliss-reactive ketones (excluding diaryl/α,β-unsaturated/α-hetero) is 1. The number of hydrogen-bond acceptors (Lipinski definition) is 5. The molecule has 0 bridgehead atoms. The van der Waals surface area contributed by atoms with E-state index in [-0.39, 0.29) is 5.78 Å². The van der Waals surface area contributed by atoms with Crippen molar-refractivity contribution in [1.29, 1.82) is 0 Å². The summed E-state index contributed by atoms with van der Waals surface area (Å²) in [6.45, 7) is 0. The molecule has 0 spiro atoms. The van der Waals surface area contributed by atoms with Crippen LogP contribution in [0.3, 0.4) is 0 Å². The molecular formula is C6H6N2OS2. The lowest BCUT2D eigenvalue weighted by atomic mass is 10.1. The van der Waals surface area contributed by atoms with Crippen LogP contribution in [0, 0.1) is 0 Å². The van der Waals surface area contributed by atoms with Gasteiger partial charge in [0.25, 0.3) is 0 Å². The molecular weight excluding hydrogens is 180 g/mol. The SMILES string of the molecule is O=C1CSN=C1C1=NSCC1. The molecule has 0 aromatic carbocycles. The van der Waals surface area contributed by atoms with Crippen molar-refractivity contribution in [3.8, 4) is 0 Å². The maximum atomic E-state index is 11.1. The highest BCUT2D eigenvalue weighted by Gasteiger charge is 2.24. The van der Waals surface area contributed by atoms with E-state index in [2.05, 4.69) is 8.80 Å². The van der Waals surface area contributed by atoms with Crippen LogP contribution >= 0.6 is 23.9 Å². The normalized spacial score (nSPS) is 23.8. The molecule has 0 fully saturated rings. The fraction of sp³-hybridized carbons (Fsp3) is 0.500. The minimum absolute atomic E-state index is 0.135. The molecule has 0 N–H and O–H groups in total. The lowest BCUT2D eigenvalue weighted by Gasteiger charge is -1.92. The molecule has 0 amide bonds. The monoisotopic (exact) mass is 186 g/mol. The Morgan fingerprint density at radius 2 is 2.18 bits per heavy atom. The summed E-state index contributed by atoms with van der Waals surface area (Å²) >= 11 is 2.84. The minimum Gasteiger partial charge on any atom is -0.291 e. The van der Waals surface area contributed by atoms with Gasteiger partial charge in [0, 0.05) is 12.2 Å². The lowest BCUT2D eigenvalue weighted by molar-refractivity contribution is -0.110. The second-order valence-corrected chi connectivity index (χ2v) is 3.84. The van der Waals surface area contributed by atoms with Crippen molar-refractivity contribution < 1.29 is 4.79 Å². The van der Waals surface area contributed by atoms with Crippen molar-refractivity contribution in [2.45, 2.75) is 6.42 Å². The summed E-state index contributed by atoms with van der Waals surface area (Å²) < 4.78 is 8.17. The summed E-state index contributed by atoms with van der Waals surface area (Å²) in [5.74, 6) is 1.63. The van der Waals surface area contributed by atoms with Crippen molar-refractivity contribution in [3.05, 3.63) is 0 Å². The molecule has 0 unspecified atom stereocenters. The van der Waals surface area contributed by atoms with Gasteiger partial charge < -0.3 is 0 Å². The maximum absolute atomic E-state index is 11.1. The van der Waals surface area contributed by atoms with E-state index < -0.39 is 0 Å². The van der Waals surface area contributed by atoms with Crippen molar-refractivity contribution in [2.75, 3.05) is 11.5 Å². The van der Waals surface area contributed by atoms with Crippen molar-refractivity contribution in [1.82, 2.24) is 0 Å². The third kappa shape index (κ3) is 1.35. The van der Waals surface area contributed by atoms with E-state index in [1.807, 2.05) is 0 Å². The third-order valence-electron chi connectivity index (χ3n) is 1.49. The van der Waals surface area contributed by atoms with Gasteiger partial charge in [-0.3, -0.25) is 4.79 Å². The Kier molecular flexibility index (Phi) is 2.00. The average Bonchev–Trinajstić information content (AvgIpc) is 2.55. The molecule has 2 heterocycles. The minimum atomic E-state index is 0.135. The predicted octanol–water partition coefficient (Wildman–Crippen LogP) is 1.15. The molecule has 0 radical (unpaired) electrons. The summed E-state index contributed by atoms with van der Waals surface area (Å²) in [5.41, 5.74) is 1.50. The van der Waals surface area contributed by atoms with E-state index in [0.717, 1.165) is 17.9 Å². The zero-order valence-electron chi connectivity index (χ0n) is 5.74. The van der Waals surface area contributed by atoms with Crippen LogP contribution < -0.4 is 0 Å². The second-order valence-electron chi connectivity index (χ2n) is 2.26. The second kappa shape index (κ2) is 2.98. The van der Waals surface area contributed by atoms with E-state index in [0.29, 0.717) is 11.5 Å². The molecule has 0 aliphatic carbocycles. The topological polar surface area (TPSA) is 41.8 Å². The molecule has 2 aliphatic heterocycles. The van der Waals surface area contributed by atoms with Crippen molar-refractivity contribution in [2.24, 2.45) is 8.80 Å². The van der Waals surface area contributed by atoms with Gasteiger partial charge in [0.1, 0.15) is 5.71 Å². The summed E-state index contributed by atoms with van der Waals surface area (Å²) in [7, 11) is 0. The summed E-state index contributed by atoms with van der Waals surface area (Å²) in [5, 5.41) is 0. The van der Waals surface area contributed by atoms with Crippen LogP contribution in [0.1, 0.15) is 6.42 Å². The van der Waals surface area contributed by atoms with Gasteiger partial charge in [-0.05, 0) is 23.9 Å². The molecule has 11 heavy (non-hydrogen) atoms. The lowest BCUT2D eigenvalue weighted by Crippen LogP contribution is -2.20. The van der Waals surface area contributed by atoms with Crippen LogP contribution in [-0.4, -0.2) is 28.7 Å². The number of carbonyl (C=O) groups is 1. The van der Waals surface area contributed by atoms with E-state index in [1.54, 1.807) is 0 Å². The average molecular weight is 186 g/mol. The molecule has 2 aliphatic rings. The Morgan fingerprint density at radius 3 is 2.73 bits per heavy atom. The molecule has 5 heteroatoms. The van der Waals surface area contributed by atoms with E-state index in [9.17, 15) is 4.79 Å². The van der Waals surface area contributed by atoms with Crippen LogP contribution in [0.25, 0.3) is 0 Å². The first-order valence-electron chi connectivity index (χ1n) is 3.30. The van der Waals surface area contributed by atoms with Gasteiger partial charge in [-0.2, -0.15) is 0 Å². The number of hydrogen-bond donors (Lipinski definition) is 0. The zero-order valence-corrected chi connectivity index (χ0v) is 7.37. The molecule has 58 valence electrons. The molecule has 2 rings (SSSR count). The fourth-order valence-electron chi connectivity index (χ4n) is 0.962. The first-order valence-corrected chi connectivity index (χ1v) is 5.19. The van der Waals surface area contributed by atoms with Crippen LogP contribution in [-0.2, 0) is 4.79 Å². The van der Waals surface area contributed by atoms with Crippen LogP contribution in [0.5, 0.6) is 0 Å². The largest absolute Gasteiger partial charge is 0.291 e. The summed E-state index contributed by atoms with van der Waals surface area (Å²) in [6, 6.07) is 0. The number of nitrogens with zero attached hydrogens (tertiary/aromatic N) is 2. The fourth-order valence-corrected chi connectivity index (χ4v) is 2.33. The number of ketones is 1. The van der Waals surface area contributed by atoms with E-state index in [4.69, 9.17) is 0 Å². The molecule has 0 saturated heterocycles. The maximum Gasteiger partial charge on any atom is 0.195 e. The Bertz CT molecular complexity index is 259. The standard InChI is InChI=1S/C6H6N2OS2/c9-5-3-11-8-6(5)4-1-2-10-7-4/h1-3H2. The van der Waals surface area contributed by atoms with Gasteiger partial charge in [0.05, 0.1) is 11.5 Å². The quantitative estimate of drug-likeness (QED) is 0.577. The Balaban J connectivity index is 2.21. The van der Waals surface area contributed by atoms with Crippen molar-refractivity contribution in [3.63, 3.8) is 0 Å². The van der Waals surface area contributed by atoms with Crippen LogP contribution in [0.15, 0.2) is 8.80 Å².